The van der Waals surface area contributed by atoms with E-state index in [2.05, 4.69) is 19.8 Å². The molecule has 13 heteroatoms. The summed E-state index contributed by atoms with van der Waals surface area (Å²) < 4.78 is 63.6. The molecule has 3 rings (SSSR count). The van der Waals surface area contributed by atoms with Crippen molar-refractivity contribution in [2.45, 2.75) is 24.9 Å². The lowest BCUT2D eigenvalue weighted by Gasteiger charge is -2.29. The van der Waals surface area contributed by atoms with Crippen molar-refractivity contribution < 1.29 is 35.4 Å². The van der Waals surface area contributed by atoms with Crippen LogP contribution in [0.2, 0.25) is 0 Å². The topological polar surface area (TPSA) is 118 Å². The van der Waals surface area contributed by atoms with Gasteiger partial charge in [0.25, 0.3) is 0 Å². The van der Waals surface area contributed by atoms with Gasteiger partial charge >= 0.3 is 21.7 Å². The summed E-state index contributed by atoms with van der Waals surface area (Å²) in [6, 6.07) is 6.83. The number of alkyl halides is 3. The van der Waals surface area contributed by atoms with Crippen molar-refractivity contribution in [2.24, 2.45) is 0 Å². The number of amides is 3. The highest BCUT2D eigenvalue weighted by molar-refractivity contribution is 7.88. The van der Waals surface area contributed by atoms with Gasteiger partial charge in [0, 0.05) is 6.20 Å². The largest absolute Gasteiger partial charge is 0.534 e. The molecule has 9 nitrogen and oxygen atoms in total. The van der Waals surface area contributed by atoms with Crippen molar-refractivity contribution in [3.05, 3.63) is 48.2 Å². The maximum Gasteiger partial charge on any atom is 0.534 e. The van der Waals surface area contributed by atoms with Crippen LogP contribution in [0.3, 0.4) is 0 Å². The van der Waals surface area contributed by atoms with Gasteiger partial charge in [-0.3, -0.25) is 9.69 Å². The number of nitrogens with zero attached hydrogens (tertiary/aromatic N) is 2. The van der Waals surface area contributed by atoms with Crippen molar-refractivity contribution >= 4 is 33.6 Å². The smallest absolute Gasteiger partial charge is 0.376 e. The van der Waals surface area contributed by atoms with Crippen molar-refractivity contribution in [2.75, 3.05) is 16.8 Å². The third-order valence-electron chi connectivity index (χ3n) is 4.34. The Kier molecular flexibility index (Phi) is 6.06. The van der Waals surface area contributed by atoms with E-state index in [0.29, 0.717) is 17.7 Å². The highest BCUT2D eigenvalue weighted by atomic mass is 32.2. The van der Waals surface area contributed by atoms with Crippen molar-refractivity contribution in [1.82, 2.24) is 10.3 Å². The van der Waals surface area contributed by atoms with Crippen LogP contribution in [0.5, 0.6) is 5.75 Å². The van der Waals surface area contributed by atoms with E-state index in [1.807, 2.05) is 0 Å². The van der Waals surface area contributed by atoms with E-state index in [4.69, 9.17) is 0 Å². The molecule has 1 aromatic carbocycles. The molecule has 0 saturated heterocycles. The van der Waals surface area contributed by atoms with Gasteiger partial charge in [-0.1, -0.05) is 19.1 Å². The number of benzene rings is 1. The van der Waals surface area contributed by atoms with Gasteiger partial charge in [-0.25, -0.2) is 9.78 Å². The second-order valence-corrected chi connectivity index (χ2v) is 8.01. The molecule has 3 amide bonds. The molecule has 31 heavy (non-hydrogen) atoms. The highest BCUT2D eigenvalue weighted by Gasteiger charge is 2.48. The predicted molar refractivity (Wildman–Crippen MR) is 104 cm³/mol. The van der Waals surface area contributed by atoms with Crippen molar-refractivity contribution in [3.63, 3.8) is 0 Å². The first-order valence-corrected chi connectivity index (χ1v) is 10.4. The van der Waals surface area contributed by atoms with Crippen LogP contribution >= 0.6 is 0 Å². The Balaban J connectivity index is 1.75. The van der Waals surface area contributed by atoms with Crippen LogP contribution in [-0.2, 0) is 14.9 Å². The Bertz CT molecular complexity index is 1090. The normalized spacial score (nSPS) is 15.0. The summed E-state index contributed by atoms with van der Waals surface area (Å²) >= 11 is 0. The van der Waals surface area contributed by atoms with Crippen molar-refractivity contribution in [3.8, 4) is 5.75 Å². The Labute approximate surface area is 175 Å². The van der Waals surface area contributed by atoms with E-state index in [-0.39, 0.29) is 12.4 Å². The molecule has 1 unspecified atom stereocenters. The van der Waals surface area contributed by atoms with Gasteiger partial charge in [-0.2, -0.15) is 21.6 Å². The molecular formula is C18H17F3N4O5S. The summed E-state index contributed by atoms with van der Waals surface area (Å²) in [6.45, 7) is 1.52. The highest BCUT2D eigenvalue weighted by Crippen LogP contribution is 2.29. The summed E-state index contributed by atoms with van der Waals surface area (Å²) in [5.74, 6) is -0.639. The maximum absolute atomic E-state index is 12.8. The third kappa shape index (κ3) is 4.87. The fourth-order valence-corrected chi connectivity index (χ4v) is 3.32. The van der Waals surface area contributed by atoms with Gasteiger partial charge in [0.15, 0.2) is 5.82 Å². The molecule has 1 atom stereocenters. The second-order valence-electron chi connectivity index (χ2n) is 6.47. The first kappa shape index (κ1) is 22.3. The minimum Gasteiger partial charge on any atom is -0.376 e. The van der Waals surface area contributed by atoms with Crippen LogP contribution in [0, 0.1) is 0 Å². The Morgan fingerprint density at radius 2 is 1.97 bits per heavy atom. The standard InChI is InChI=1S/C18H17F3N4O5S/c1-2-13(11-5-7-12(8-6-11)30-31(28,29)18(19,20)21)24-17(27)25-10-15(26)23-14-4-3-9-22-16(14)25/h3-9,13H,2,10H2,1H3,(H,23,26)(H,24,27). The third-order valence-corrected chi connectivity index (χ3v) is 5.32. The summed E-state index contributed by atoms with van der Waals surface area (Å²) in [5.41, 5.74) is -4.67. The maximum atomic E-state index is 12.8. The number of fused-ring (bicyclic) bond motifs is 1. The molecule has 0 spiro atoms. The lowest BCUT2D eigenvalue weighted by molar-refractivity contribution is -0.115. The zero-order chi connectivity index (χ0) is 22.8. The number of carbonyl (C=O) groups excluding carboxylic acids is 2. The molecule has 0 fully saturated rings. The van der Waals surface area contributed by atoms with Crippen LogP contribution in [0.1, 0.15) is 24.9 Å². The van der Waals surface area contributed by atoms with Crippen LogP contribution in [0.4, 0.5) is 29.5 Å². The van der Waals surface area contributed by atoms with Crippen LogP contribution < -0.4 is 19.7 Å². The van der Waals surface area contributed by atoms with E-state index >= 15 is 0 Å². The molecular weight excluding hydrogens is 441 g/mol. The number of urea groups is 1. The number of halogens is 3. The average molecular weight is 458 g/mol. The van der Waals surface area contributed by atoms with Gasteiger partial charge in [0.05, 0.1) is 11.7 Å². The zero-order valence-electron chi connectivity index (χ0n) is 16.0. The van der Waals surface area contributed by atoms with E-state index in [0.717, 1.165) is 12.1 Å². The summed E-state index contributed by atoms with van der Waals surface area (Å²) in [4.78, 5) is 29.9. The molecule has 1 aliphatic rings. The van der Waals surface area contributed by atoms with Gasteiger partial charge in [0.2, 0.25) is 5.91 Å². The summed E-state index contributed by atoms with van der Waals surface area (Å²) in [6.07, 6.45) is 1.88. The molecule has 166 valence electrons. The van der Waals surface area contributed by atoms with E-state index < -0.39 is 39.4 Å². The molecule has 0 radical (unpaired) electrons. The number of hydrogen-bond donors (Lipinski definition) is 2. The van der Waals surface area contributed by atoms with Crippen LogP contribution in [0.25, 0.3) is 0 Å². The minimum absolute atomic E-state index is 0.242. The molecule has 0 bridgehead atoms. The lowest BCUT2D eigenvalue weighted by atomic mass is 10.0. The molecule has 2 aromatic rings. The van der Waals surface area contributed by atoms with E-state index in [9.17, 15) is 31.2 Å². The molecule has 2 heterocycles. The van der Waals surface area contributed by atoms with Crippen molar-refractivity contribution in [1.29, 1.82) is 0 Å². The number of rotatable bonds is 5. The van der Waals surface area contributed by atoms with Gasteiger partial charge in [-0.05, 0) is 36.2 Å². The first-order valence-electron chi connectivity index (χ1n) is 8.95. The Hall–Kier alpha value is -3.35. The monoisotopic (exact) mass is 458 g/mol. The van der Waals surface area contributed by atoms with E-state index in [1.54, 1.807) is 19.1 Å². The molecule has 0 saturated carbocycles. The number of anilines is 2. The fourth-order valence-electron chi connectivity index (χ4n) is 2.86. The fraction of sp³-hybridized carbons (Fsp3) is 0.278. The Morgan fingerprint density at radius 1 is 1.29 bits per heavy atom. The number of hydrogen-bond acceptors (Lipinski definition) is 6. The first-order chi connectivity index (χ1) is 14.5. The SMILES string of the molecule is CCC(NC(=O)N1CC(=O)Nc2cccnc21)c1ccc(OS(=O)(=O)C(F)(F)F)cc1. The van der Waals surface area contributed by atoms with Crippen LogP contribution in [0.15, 0.2) is 42.6 Å². The molecule has 1 aliphatic heterocycles. The zero-order valence-corrected chi connectivity index (χ0v) is 16.8. The number of pyridine rings is 1. The quantitative estimate of drug-likeness (QED) is 0.526. The number of nitrogens with one attached hydrogen (secondary N) is 2. The van der Waals surface area contributed by atoms with Gasteiger partial charge < -0.3 is 14.8 Å². The number of aromatic nitrogens is 1. The summed E-state index contributed by atoms with van der Waals surface area (Å²) in [5, 5.41) is 5.35. The summed E-state index contributed by atoms with van der Waals surface area (Å²) in [7, 11) is -5.78. The number of carbonyl (C=O) groups is 2. The second kappa shape index (κ2) is 8.41. The molecule has 2 N–H and O–H groups in total. The van der Waals surface area contributed by atoms with Gasteiger partial charge in [-0.15, -0.1) is 0 Å². The average Bonchev–Trinajstić information content (AvgIpc) is 2.70. The lowest BCUT2D eigenvalue weighted by Crippen LogP contribution is -2.48. The van der Waals surface area contributed by atoms with Gasteiger partial charge in [0.1, 0.15) is 12.3 Å². The molecule has 0 aliphatic carbocycles. The Morgan fingerprint density at radius 3 is 2.58 bits per heavy atom. The molecule has 1 aromatic heterocycles. The van der Waals surface area contributed by atoms with Crippen LogP contribution in [-0.4, -0.2) is 37.4 Å². The van der Waals surface area contributed by atoms with E-state index in [1.165, 1.54) is 23.2 Å². The predicted octanol–water partition coefficient (Wildman–Crippen LogP) is 2.93. The minimum atomic E-state index is -5.78.